The Hall–Kier alpha value is -4.21. The van der Waals surface area contributed by atoms with Crippen molar-refractivity contribution >= 4 is 34.7 Å². The molecule has 2 aromatic carbocycles. The molecule has 148 valence electrons. The van der Waals surface area contributed by atoms with Crippen molar-refractivity contribution in [3.8, 4) is 0 Å². The van der Waals surface area contributed by atoms with Crippen molar-refractivity contribution in [3.63, 3.8) is 0 Å². The highest BCUT2D eigenvalue weighted by Crippen LogP contribution is 2.20. The van der Waals surface area contributed by atoms with Crippen LogP contribution in [0.1, 0.15) is 0 Å². The standard InChI is InChI=1S/C19H15N3O7/c23-15-10-28-18(21-12-4-2-1-3-5-12)17(15)19(25)29-11-16(24)20-13-6-8-14(9-7-13)22(26)27/h1-9,21H,10-11H2,(H,20,24). The zero-order valence-electron chi connectivity index (χ0n) is 14.9. The van der Waals surface area contributed by atoms with Crippen molar-refractivity contribution in [2.45, 2.75) is 0 Å². The van der Waals surface area contributed by atoms with Crippen LogP contribution >= 0.6 is 0 Å². The number of Topliss-reactive ketones (excluding diaryl/α,β-unsaturated/α-hetero) is 1. The Morgan fingerprint density at radius 2 is 1.76 bits per heavy atom. The van der Waals surface area contributed by atoms with E-state index in [0.717, 1.165) is 0 Å². The van der Waals surface area contributed by atoms with E-state index in [1.807, 2.05) is 0 Å². The molecule has 0 spiro atoms. The summed E-state index contributed by atoms with van der Waals surface area (Å²) in [5, 5.41) is 15.9. The van der Waals surface area contributed by atoms with Crippen molar-refractivity contribution in [1.29, 1.82) is 0 Å². The van der Waals surface area contributed by atoms with E-state index in [1.165, 1.54) is 24.3 Å². The van der Waals surface area contributed by atoms with Gasteiger partial charge in [-0.25, -0.2) is 4.79 Å². The third kappa shape index (κ3) is 4.95. The van der Waals surface area contributed by atoms with Gasteiger partial charge in [0, 0.05) is 23.5 Å². The molecular weight excluding hydrogens is 382 g/mol. The summed E-state index contributed by atoms with van der Waals surface area (Å²) in [7, 11) is 0. The highest BCUT2D eigenvalue weighted by atomic mass is 16.6. The summed E-state index contributed by atoms with van der Waals surface area (Å²) in [5.74, 6) is -2.27. The number of non-ortho nitro benzene ring substituents is 1. The number of nitro groups is 1. The number of para-hydroxylation sites is 1. The highest BCUT2D eigenvalue weighted by molar-refractivity contribution is 6.20. The number of ether oxygens (including phenoxy) is 2. The minimum atomic E-state index is -0.996. The summed E-state index contributed by atoms with van der Waals surface area (Å²) in [4.78, 5) is 46.2. The van der Waals surface area contributed by atoms with E-state index in [-0.39, 0.29) is 23.8 Å². The van der Waals surface area contributed by atoms with Crippen LogP contribution in [-0.2, 0) is 23.9 Å². The van der Waals surface area contributed by atoms with E-state index in [1.54, 1.807) is 30.3 Å². The Bertz CT molecular complexity index is 985. The summed E-state index contributed by atoms with van der Waals surface area (Å²) in [6, 6.07) is 13.9. The van der Waals surface area contributed by atoms with E-state index in [2.05, 4.69) is 10.6 Å². The average molecular weight is 397 g/mol. The van der Waals surface area contributed by atoms with Gasteiger partial charge in [0.25, 0.3) is 11.6 Å². The van der Waals surface area contributed by atoms with Crippen LogP contribution in [0.2, 0.25) is 0 Å². The molecule has 10 heteroatoms. The molecule has 0 bridgehead atoms. The van der Waals surface area contributed by atoms with Crippen molar-refractivity contribution < 1.29 is 28.8 Å². The maximum Gasteiger partial charge on any atom is 0.347 e. The van der Waals surface area contributed by atoms with Crippen molar-refractivity contribution in [1.82, 2.24) is 0 Å². The number of nitrogens with one attached hydrogen (secondary N) is 2. The van der Waals surface area contributed by atoms with Crippen molar-refractivity contribution in [2.75, 3.05) is 23.8 Å². The van der Waals surface area contributed by atoms with Crippen molar-refractivity contribution in [2.24, 2.45) is 0 Å². The summed E-state index contributed by atoms with van der Waals surface area (Å²) in [6.07, 6.45) is 0. The smallest absolute Gasteiger partial charge is 0.347 e. The molecule has 0 radical (unpaired) electrons. The zero-order valence-corrected chi connectivity index (χ0v) is 14.9. The van der Waals surface area contributed by atoms with E-state index in [9.17, 15) is 24.5 Å². The second kappa shape index (κ2) is 8.65. The first-order valence-electron chi connectivity index (χ1n) is 8.38. The molecule has 3 rings (SSSR count). The predicted molar refractivity (Wildman–Crippen MR) is 101 cm³/mol. The lowest BCUT2D eigenvalue weighted by atomic mass is 10.2. The SMILES string of the molecule is O=C(COC(=O)C1=C(Nc2ccccc2)OCC1=O)Nc1ccc([N+](=O)[O-])cc1. The number of hydrogen-bond donors (Lipinski definition) is 2. The third-order valence-electron chi connectivity index (χ3n) is 3.79. The van der Waals surface area contributed by atoms with Crippen LogP contribution in [0.15, 0.2) is 66.1 Å². The topological polar surface area (TPSA) is 137 Å². The van der Waals surface area contributed by atoms with Crippen LogP contribution in [0.3, 0.4) is 0 Å². The molecule has 0 unspecified atom stereocenters. The molecule has 2 N–H and O–H groups in total. The molecular formula is C19H15N3O7. The van der Waals surface area contributed by atoms with E-state index in [0.29, 0.717) is 11.4 Å². The first-order valence-corrected chi connectivity index (χ1v) is 8.38. The zero-order chi connectivity index (χ0) is 20.8. The molecule has 0 aromatic heterocycles. The molecule has 1 amide bonds. The molecule has 0 saturated carbocycles. The van der Waals surface area contributed by atoms with E-state index in [4.69, 9.17) is 9.47 Å². The first-order chi connectivity index (χ1) is 13.9. The minimum Gasteiger partial charge on any atom is -0.470 e. The van der Waals surface area contributed by atoms with Gasteiger partial charge in [-0.1, -0.05) is 18.2 Å². The molecule has 1 aliphatic rings. The number of ketones is 1. The fraction of sp³-hybridized carbons (Fsp3) is 0.105. The highest BCUT2D eigenvalue weighted by Gasteiger charge is 2.32. The number of nitro benzene ring substituents is 1. The maximum atomic E-state index is 12.3. The number of carbonyl (C=O) groups is 3. The van der Waals surface area contributed by atoms with Crippen LogP contribution in [0, 0.1) is 10.1 Å². The Morgan fingerprint density at radius 3 is 2.41 bits per heavy atom. The number of hydrogen-bond acceptors (Lipinski definition) is 8. The van der Waals surface area contributed by atoms with Gasteiger partial charge in [0.1, 0.15) is 0 Å². The lowest BCUT2D eigenvalue weighted by Gasteiger charge is -2.09. The van der Waals surface area contributed by atoms with Gasteiger partial charge in [0.15, 0.2) is 18.8 Å². The average Bonchev–Trinajstić information content (AvgIpc) is 3.07. The molecule has 0 atom stereocenters. The van der Waals surface area contributed by atoms with Crippen molar-refractivity contribution in [3.05, 3.63) is 76.2 Å². The van der Waals surface area contributed by atoms with Gasteiger partial charge in [0.05, 0.1) is 4.92 Å². The van der Waals surface area contributed by atoms with Crippen LogP contribution in [0.5, 0.6) is 0 Å². The fourth-order valence-electron chi connectivity index (χ4n) is 2.43. The van der Waals surface area contributed by atoms with Crippen LogP contribution in [-0.4, -0.2) is 35.8 Å². The minimum absolute atomic E-state index is 0.0398. The molecule has 2 aromatic rings. The second-order valence-corrected chi connectivity index (χ2v) is 5.84. The summed E-state index contributed by atoms with van der Waals surface area (Å²) in [6.45, 7) is -0.959. The number of carbonyl (C=O) groups excluding carboxylic acids is 3. The third-order valence-corrected chi connectivity index (χ3v) is 3.79. The number of amides is 1. The second-order valence-electron chi connectivity index (χ2n) is 5.84. The van der Waals surface area contributed by atoms with Crippen LogP contribution in [0.4, 0.5) is 17.1 Å². The summed E-state index contributed by atoms with van der Waals surface area (Å²) >= 11 is 0. The van der Waals surface area contributed by atoms with Gasteiger partial charge in [-0.2, -0.15) is 0 Å². The van der Waals surface area contributed by atoms with E-state index >= 15 is 0 Å². The molecule has 1 aliphatic heterocycles. The fourth-order valence-corrected chi connectivity index (χ4v) is 2.43. The lowest BCUT2D eigenvalue weighted by Crippen LogP contribution is -2.24. The largest absolute Gasteiger partial charge is 0.470 e. The lowest BCUT2D eigenvalue weighted by molar-refractivity contribution is -0.384. The van der Waals surface area contributed by atoms with Gasteiger partial charge in [0.2, 0.25) is 11.7 Å². The first kappa shape index (κ1) is 19.5. The number of rotatable bonds is 7. The Kier molecular flexibility index (Phi) is 5.83. The molecule has 1 heterocycles. The summed E-state index contributed by atoms with van der Waals surface area (Å²) in [5.41, 5.74) is 0.470. The van der Waals surface area contributed by atoms with Gasteiger partial charge in [-0.05, 0) is 24.3 Å². The Labute approximate surface area is 164 Å². The normalized spacial score (nSPS) is 12.9. The van der Waals surface area contributed by atoms with Gasteiger partial charge in [-0.3, -0.25) is 19.7 Å². The quantitative estimate of drug-likeness (QED) is 0.313. The van der Waals surface area contributed by atoms with E-state index < -0.39 is 29.2 Å². The monoisotopic (exact) mass is 397 g/mol. The Balaban J connectivity index is 1.59. The number of anilines is 2. The predicted octanol–water partition coefficient (Wildman–Crippen LogP) is 2.00. The van der Waals surface area contributed by atoms with Crippen LogP contribution < -0.4 is 10.6 Å². The van der Waals surface area contributed by atoms with Gasteiger partial charge >= 0.3 is 5.97 Å². The number of nitrogens with zero attached hydrogens (tertiary/aromatic N) is 1. The van der Waals surface area contributed by atoms with Gasteiger partial charge < -0.3 is 20.1 Å². The maximum absolute atomic E-state index is 12.3. The molecule has 10 nitrogen and oxygen atoms in total. The summed E-state index contributed by atoms with van der Waals surface area (Å²) < 4.78 is 10.1. The molecule has 0 saturated heterocycles. The number of benzene rings is 2. The molecule has 29 heavy (non-hydrogen) atoms. The Morgan fingerprint density at radius 1 is 1.07 bits per heavy atom. The van der Waals surface area contributed by atoms with Gasteiger partial charge in [-0.15, -0.1) is 0 Å². The van der Waals surface area contributed by atoms with Crippen LogP contribution in [0.25, 0.3) is 0 Å². The molecule has 0 aliphatic carbocycles. The number of esters is 1. The molecule has 0 fully saturated rings.